The molecule has 2 amide bonds. The minimum absolute atomic E-state index is 0.147. The number of benzene rings is 2. The molecule has 2 aromatic carbocycles. The van der Waals surface area contributed by atoms with Gasteiger partial charge in [0.05, 0.1) is 12.6 Å². The second-order valence-corrected chi connectivity index (χ2v) is 6.19. The maximum absolute atomic E-state index is 12.5. The summed E-state index contributed by atoms with van der Waals surface area (Å²) in [6.07, 6.45) is 0.818. The number of aromatic hydroxyl groups is 1. The molecule has 0 saturated heterocycles. The van der Waals surface area contributed by atoms with Gasteiger partial charge in [0.2, 0.25) is 5.91 Å². The number of rotatable bonds is 9. The van der Waals surface area contributed by atoms with E-state index in [9.17, 15) is 14.7 Å². The van der Waals surface area contributed by atoms with E-state index in [0.717, 1.165) is 11.1 Å². The average Bonchev–Trinajstić information content (AvgIpc) is 2.74. The molecule has 2 aromatic rings. The van der Waals surface area contributed by atoms with Crippen LogP contribution in [-0.4, -0.2) is 29.5 Å². The van der Waals surface area contributed by atoms with E-state index in [0.29, 0.717) is 18.4 Å². The van der Waals surface area contributed by atoms with Gasteiger partial charge in [-0.05, 0) is 53.8 Å². The van der Waals surface area contributed by atoms with Crippen molar-refractivity contribution in [3.05, 3.63) is 75.7 Å². The maximum Gasteiger partial charge on any atom is 0.251 e. The van der Waals surface area contributed by atoms with Crippen LogP contribution >= 0.6 is 0 Å². The molecule has 29 heavy (non-hydrogen) atoms. The molecule has 0 radical (unpaired) electrons. The molecule has 0 aromatic heterocycles. The number of nitrogens with one attached hydrogen (secondary N) is 2. The first-order valence-corrected chi connectivity index (χ1v) is 8.86. The Morgan fingerprint density at radius 2 is 1.79 bits per heavy atom. The Kier molecular flexibility index (Phi) is 8.05. The van der Waals surface area contributed by atoms with Crippen molar-refractivity contribution in [2.75, 3.05) is 6.54 Å². The highest BCUT2D eigenvalue weighted by atomic mass is 16.3. The molecule has 0 aliphatic heterocycles. The summed E-state index contributed by atoms with van der Waals surface area (Å²) in [5.41, 5.74) is 10.4. The molecule has 9 nitrogen and oxygen atoms in total. The van der Waals surface area contributed by atoms with E-state index in [2.05, 4.69) is 20.7 Å². The number of phenols is 1. The van der Waals surface area contributed by atoms with Crippen LogP contribution in [0.15, 0.2) is 53.6 Å². The van der Waals surface area contributed by atoms with Crippen molar-refractivity contribution in [1.82, 2.24) is 10.6 Å². The second kappa shape index (κ2) is 11.0. The zero-order chi connectivity index (χ0) is 21.1. The number of carbonyl (C=O) groups excluding carboxylic acids is 2. The minimum atomic E-state index is -0.826. The lowest BCUT2D eigenvalue weighted by molar-refractivity contribution is -0.122. The number of hydrogen-bond acceptors (Lipinski definition) is 5. The maximum atomic E-state index is 12.5. The lowest BCUT2D eigenvalue weighted by Gasteiger charge is -2.18. The van der Waals surface area contributed by atoms with E-state index in [1.807, 2.05) is 6.07 Å². The molecule has 1 atom stereocenters. The summed E-state index contributed by atoms with van der Waals surface area (Å²) in [4.78, 5) is 27.6. The highest BCUT2D eigenvalue weighted by molar-refractivity contribution is 5.97. The molecular weight excluding hydrogens is 372 g/mol. The predicted molar refractivity (Wildman–Crippen MR) is 106 cm³/mol. The number of amides is 2. The Bertz CT molecular complexity index is 928. The van der Waals surface area contributed by atoms with E-state index in [1.165, 1.54) is 0 Å². The fraction of sp³-hybridized carbons (Fsp3) is 0.250. The lowest BCUT2D eigenvalue weighted by Crippen LogP contribution is -2.47. The predicted octanol–water partition coefficient (Wildman–Crippen LogP) is 2.57. The Morgan fingerprint density at radius 3 is 2.41 bits per heavy atom. The van der Waals surface area contributed by atoms with Crippen LogP contribution in [0.4, 0.5) is 0 Å². The zero-order valence-electron chi connectivity index (χ0n) is 15.6. The van der Waals surface area contributed by atoms with Gasteiger partial charge in [0.15, 0.2) is 0 Å². The van der Waals surface area contributed by atoms with Gasteiger partial charge in [-0.15, -0.1) is 0 Å². The van der Waals surface area contributed by atoms with Crippen LogP contribution in [-0.2, 0) is 17.8 Å². The summed E-state index contributed by atoms with van der Waals surface area (Å²) in [6, 6.07) is 14.1. The van der Waals surface area contributed by atoms with Crippen molar-refractivity contribution >= 4 is 11.8 Å². The van der Waals surface area contributed by atoms with Gasteiger partial charge in [-0.3, -0.25) is 9.59 Å². The van der Waals surface area contributed by atoms with Crippen LogP contribution in [0, 0.1) is 11.3 Å². The van der Waals surface area contributed by atoms with Gasteiger partial charge in [0.1, 0.15) is 18.3 Å². The van der Waals surface area contributed by atoms with Gasteiger partial charge in [-0.1, -0.05) is 29.4 Å². The molecule has 0 spiro atoms. The number of hydrogen-bond donors (Lipinski definition) is 3. The zero-order valence-corrected chi connectivity index (χ0v) is 15.6. The number of azide groups is 1. The molecule has 148 valence electrons. The highest BCUT2D eigenvalue weighted by Crippen LogP contribution is 2.13. The molecule has 0 fully saturated rings. The number of phenolic OH excluding ortho intramolecular Hbond substituents is 1. The van der Waals surface area contributed by atoms with Gasteiger partial charge < -0.3 is 15.7 Å². The summed E-state index contributed by atoms with van der Waals surface area (Å²) >= 11 is 0. The second-order valence-electron chi connectivity index (χ2n) is 6.19. The Balaban J connectivity index is 2.05. The van der Waals surface area contributed by atoms with Gasteiger partial charge in [-0.25, -0.2) is 0 Å². The Morgan fingerprint density at radius 1 is 1.14 bits per heavy atom. The summed E-state index contributed by atoms with van der Waals surface area (Å²) in [5, 5.41) is 26.6. The molecule has 3 N–H and O–H groups in total. The summed E-state index contributed by atoms with van der Waals surface area (Å²) in [7, 11) is 0. The van der Waals surface area contributed by atoms with Crippen LogP contribution in [0.5, 0.6) is 5.75 Å². The monoisotopic (exact) mass is 392 g/mol. The normalized spacial score (nSPS) is 10.9. The molecule has 0 saturated carbocycles. The number of nitriles is 1. The van der Waals surface area contributed by atoms with E-state index in [-0.39, 0.29) is 18.8 Å². The van der Waals surface area contributed by atoms with E-state index >= 15 is 0 Å². The lowest BCUT2D eigenvalue weighted by atomic mass is 10.0. The van der Waals surface area contributed by atoms with Crippen LogP contribution < -0.4 is 10.6 Å². The standard InChI is InChI=1S/C20H20N6O3/c21-11-12-23-20(29)18(10-5-14-3-8-17(27)9-4-14)25-19(28)16-6-1-15(2-7-16)13-24-26-22/h1-4,6-9,18,27H,5,10,12-13H2,(H,23,29)(H,25,28)/t18-/m0/s1. The van der Waals surface area contributed by atoms with E-state index in [4.69, 9.17) is 10.8 Å². The third-order valence-corrected chi connectivity index (χ3v) is 4.15. The molecule has 0 aliphatic carbocycles. The molecular formula is C20H20N6O3. The molecule has 9 heteroatoms. The number of nitrogens with zero attached hydrogens (tertiary/aromatic N) is 4. The van der Waals surface area contributed by atoms with Gasteiger partial charge in [0, 0.05) is 10.5 Å². The van der Waals surface area contributed by atoms with Crippen molar-refractivity contribution < 1.29 is 14.7 Å². The summed E-state index contributed by atoms with van der Waals surface area (Å²) < 4.78 is 0. The van der Waals surface area contributed by atoms with Crippen molar-refractivity contribution in [3.8, 4) is 11.8 Å². The summed E-state index contributed by atoms with van der Waals surface area (Å²) in [6.45, 7) is 0.0305. The first-order chi connectivity index (χ1) is 14.0. The molecule has 0 aliphatic rings. The van der Waals surface area contributed by atoms with Crippen LogP contribution in [0.3, 0.4) is 0 Å². The largest absolute Gasteiger partial charge is 0.508 e. The SMILES string of the molecule is N#CCNC(=O)[C@H](CCc1ccc(O)cc1)NC(=O)c1ccc(CN=[N+]=[N-])cc1. The fourth-order valence-corrected chi connectivity index (χ4v) is 2.61. The fourth-order valence-electron chi connectivity index (χ4n) is 2.61. The third-order valence-electron chi connectivity index (χ3n) is 4.15. The van der Waals surface area contributed by atoms with Crippen molar-refractivity contribution in [2.45, 2.75) is 25.4 Å². The van der Waals surface area contributed by atoms with Crippen molar-refractivity contribution in [1.29, 1.82) is 5.26 Å². The van der Waals surface area contributed by atoms with E-state index < -0.39 is 17.9 Å². The van der Waals surface area contributed by atoms with Gasteiger partial charge in [0.25, 0.3) is 5.91 Å². The molecule has 0 heterocycles. The number of carbonyl (C=O) groups is 2. The van der Waals surface area contributed by atoms with Crippen molar-refractivity contribution in [2.24, 2.45) is 5.11 Å². The first-order valence-electron chi connectivity index (χ1n) is 8.86. The Labute approximate surface area is 167 Å². The van der Waals surface area contributed by atoms with Crippen LogP contribution in [0.25, 0.3) is 10.4 Å². The highest BCUT2D eigenvalue weighted by Gasteiger charge is 2.21. The number of aryl methyl sites for hydroxylation is 1. The smallest absolute Gasteiger partial charge is 0.251 e. The minimum Gasteiger partial charge on any atom is -0.508 e. The van der Waals surface area contributed by atoms with Crippen LogP contribution in [0.1, 0.15) is 27.9 Å². The van der Waals surface area contributed by atoms with Gasteiger partial charge in [-0.2, -0.15) is 5.26 Å². The molecule has 0 unspecified atom stereocenters. The topological polar surface area (TPSA) is 151 Å². The summed E-state index contributed by atoms with van der Waals surface area (Å²) in [5.74, 6) is -0.726. The average molecular weight is 392 g/mol. The Hall–Kier alpha value is -4.02. The van der Waals surface area contributed by atoms with E-state index in [1.54, 1.807) is 48.5 Å². The third kappa shape index (κ3) is 6.90. The quantitative estimate of drug-likeness (QED) is 0.260. The van der Waals surface area contributed by atoms with Crippen molar-refractivity contribution in [3.63, 3.8) is 0 Å². The first kappa shape index (κ1) is 21.3. The molecule has 2 rings (SSSR count). The van der Waals surface area contributed by atoms with Crippen LogP contribution in [0.2, 0.25) is 0 Å². The molecule has 0 bridgehead atoms. The van der Waals surface area contributed by atoms with Gasteiger partial charge >= 0.3 is 0 Å².